The standard InChI is InChI=1S/C17H16N4/c18-12-13-7-8-16(15-5-2-1-4-14(13)15)19-9-3-6-17-20-10-11-21-17/h1-2,4-5,7-8,10-11,19H,3,6,9H2,(H,20,21). The lowest BCUT2D eigenvalue weighted by Crippen LogP contribution is -2.04. The molecule has 0 spiro atoms. The Balaban J connectivity index is 1.71. The third-order valence-electron chi connectivity index (χ3n) is 3.51. The molecule has 0 unspecified atom stereocenters. The molecule has 21 heavy (non-hydrogen) atoms. The first-order valence-electron chi connectivity index (χ1n) is 7.02. The van der Waals surface area contributed by atoms with Gasteiger partial charge in [0.15, 0.2) is 0 Å². The second-order valence-corrected chi connectivity index (χ2v) is 4.88. The van der Waals surface area contributed by atoms with E-state index in [1.807, 2.05) is 42.6 Å². The van der Waals surface area contributed by atoms with Gasteiger partial charge >= 0.3 is 0 Å². The quantitative estimate of drug-likeness (QED) is 0.701. The summed E-state index contributed by atoms with van der Waals surface area (Å²) in [5.74, 6) is 1.02. The first kappa shape index (κ1) is 13.2. The van der Waals surface area contributed by atoms with Crippen molar-refractivity contribution in [1.82, 2.24) is 9.97 Å². The van der Waals surface area contributed by atoms with E-state index in [1.165, 1.54) is 0 Å². The minimum Gasteiger partial charge on any atom is -0.385 e. The maximum Gasteiger partial charge on any atom is 0.106 e. The van der Waals surface area contributed by atoms with Gasteiger partial charge in [-0.25, -0.2) is 4.98 Å². The summed E-state index contributed by atoms with van der Waals surface area (Å²) in [5, 5.41) is 14.7. The van der Waals surface area contributed by atoms with Gasteiger partial charge in [0.05, 0.1) is 11.6 Å². The minimum atomic E-state index is 0.715. The predicted molar refractivity (Wildman–Crippen MR) is 84.1 cm³/mol. The predicted octanol–water partition coefficient (Wildman–Crippen LogP) is 3.48. The van der Waals surface area contributed by atoms with Crippen LogP contribution in [0.15, 0.2) is 48.8 Å². The first-order valence-corrected chi connectivity index (χ1v) is 7.02. The Labute approximate surface area is 123 Å². The van der Waals surface area contributed by atoms with Crippen molar-refractivity contribution in [2.75, 3.05) is 11.9 Å². The Morgan fingerprint density at radius 2 is 2.00 bits per heavy atom. The number of H-pyrrole nitrogens is 1. The highest BCUT2D eigenvalue weighted by molar-refractivity contribution is 5.97. The number of fused-ring (bicyclic) bond motifs is 1. The summed E-state index contributed by atoms with van der Waals surface area (Å²) in [5.41, 5.74) is 1.79. The monoisotopic (exact) mass is 276 g/mol. The van der Waals surface area contributed by atoms with Gasteiger partial charge in [0.2, 0.25) is 0 Å². The molecule has 0 saturated carbocycles. The smallest absolute Gasteiger partial charge is 0.106 e. The van der Waals surface area contributed by atoms with Crippen LogP contribution in [-0.4, -0.2) is 16.5 Å². The summed E-state index contributed by atoms with van der Waals surface area (Å²) in [4.78, 5) is 7.32. The van der Waals surface area contributed by atoms with Crippen LogP contribution in [0.2, 0.25) is 0 Å². The molecule has 1 heterocycles. The molecule has 0 aliphatic rings. The summed E-state index contributed by atoms with van der Waals surface area (Å²) in [6, 6.07) is 14.1. The number of anilines is 1. The number of aryl methyl sites for hydroxylation is 1. The van der Waals surface area contributed by atoms with Crippen LogP contribution in [0, 0.1) is 11.3 Å². The summed E-state index contributed by atoms with van der Waals surface area (Å²) in [6.07, 6.45) is 5.55. The lowest BCUT2D eigenvalue weighted by Gasteiger charge is -2.10. The third kappa shape index (κ3) is 2.87. The van der Waals surface area contributed by atoms with Gasteiger partial charge in [-0.3, -0.25) is 0 Å². The van der Waals surface area contributed by atoms with E-state index >= 15 is 0 Å². The first-order chi connectivity index (χ1) is 10.4. The molecule has 0 bridgehead atoms. The molecule has 3 aromatic rings. The molecule has 104 valence electrons. The number of nitriles is 1. The van der Waals surface area contributed by atoms with E-state index in [2.05, 4.69) is 21.4 Å². The van der Waals surface area contributed by atoms with Gasteiger partial charge in [0, 0.05) is 41.8 Å². The number of imidazole rings is 1. The van der Waals surface area contributed by atoms with Crippen LogP contribution in [0.3, 0.4) is 0 Å². The van der Waals surface area contributed by atoms with Crippen LogP contribution in [0.25, 0.3) is 10.8 Å². The molecule has 1 aromatic heterocycles. The Morgan fingerprint density at radius 1 is 1.14 bits per heavy atom. The van der Waals surface area contributed by atoms with Crippen LogP contribution in [0.4, 0.5) is 5.69 Å². The van der Waals surface area contributed by atoms with Crippen LogP contribution >= 0.6 is 0 Å². The van der Waals surface area contributed by atoms with Crippen molar-refractivity contribution < 1.29 is 0 Å². The van der Waals surface area contributed by atoms with Gasteiger partial charge in [-0.1, -0.05) is 24.3 Å². The number of rotatable bonds is 5. The average molecular weight is 276 g/mol. The summed E-state index contributed by atoms with van der Waals surface area (Å²) < 4.78 is 0. The number of nitrogens with zero attached hydrogens (tertiary/aromatic N) is 2. The maximum absolute atomic E-state index is 9.17. The van der Waals surface area contributed by atoms with E-state index in [4.69, 9.17) is 5.26 Å². The van der Waals surface area contributed by atoms with Crippen molar-refractivity contribution in [3.8, 4) is 6.07 Å². The Hall–Kier alpha value is -2.80. The number of aromatic amines is 1. The van der Waals surface area contributed by atoms with Gasteiger partial charge in [-0.15, -0.1) is 0 Å². The third-order valence-corrected chi connectivity index (χ3v) is 3.51. The molecule has 0 fully saturated rings. The van der Waals surface area contributed by atoms with E-state index in [-0.39, 0.29) is 0 Å². The molecule has 2 N–H and O–H groups in total. The fraction of sp³-hybridized carbons (Fsp3) is 0.176. The van der Waals surface area contributed by atoms with E-state index in [1.54, 1.807) is 6.20 Å². The second kappa shape index (κ2) is 6.10. The average Bonchev–Trinajstić information content (AvgIpc) is 3.05. The van der Waals surface area contributed by atoms with E-state index < -0.39 is 0 Å². The van der Waals surface area contributed by atoms with Crippen molar-refractivity contribution in [1.29, 1.82) is 5.26 Å². The molecule has 2 aromatic carbocycles. The van der Waals surface area contributed by atoms with E-state index in [0.29, 0.717) is 5.56 Å². The topological polar surface area (TPSA) is 64.5 Å². The van der Waals surface area contributed by atoms with Gasteiger partial charge in [0.1, 0.15) is 5.82 Å². The van der Waals surface area contributed by atoms with Crippen LogP contribution in [0.5, 0.6) is 0 Å². The Morgan fingerprint density at radius 3 is 2.76 bits per heavy atom. The van der Waals surface area contributed by atoms with Gasteiger partial charge in [-0.2, -0.15) is 5.26 Å². The lowest BCUT2D eigenvalue weighted by atomic mass is 10.0. The minimum absolute atomic E-state index is 0.715. The summed E-state index contributed by atoms with van der Waals surface area (Å²) >= 11 is 0. The zero-order chi connectivity index (χ0) is 14.5. The van der Waals surface area contributed by atoms with Crippen molar-refractivity contribution >= 4 is 16.5 Å². The van der Waals surface area contributed by atoms with Crippen molar-refractivity contribution in [3.63, 3.8) is 0 Å². The van der Waals surface area contributed by atoms with Crippen molar-refractivity contribution in [2.24, 2.45) is 0 Å². The molecule has 0 atom stereocenters. The molecule has 3 rings (SSSR count). The number of aromatic nitrogens is 2. The largest absolute Gasteiger partial charge is 0.385 e. The molecular weight excluding hydrogens is 260 g/mol. The van der Waals surface area contributed by atoms with Crippen LogP contribution in [0.1, 0.15) is 17.8 Å². The lowest BCUT2D eigenvalue weighted by molar-refractivity contribution is 0.817. The highest BCUT2D eigenvalue weighted by atomic mass is 14.9. The van der Waals surface area contributed by atoms with Crippen molar-refractivity contribution in [2.45, 2.75) is 12.8 Å². The zero-order valence-corrected chi connectivity index (χ0v) is 11.6. The number of hydrogen-bond acceptors (Lipinski definition) is 3. The fourth-order valence-electron chi connectivity index (χ4n) is 2.46. The molecule has 0 saturated heterocycles. The highest BCUT2D eigenvalue weighted by Crippen LogP contribution is 2.26. The number of hydrogen-bond donors (Lipinski definition) is 2. The molecule has 0 amide bonds. The molecule has 4 heteroatoms. The molecule has 0 aliphatic heterocycles. The Bertz CT molecular complexity index is 769. The molecular formula is C17H16N4. The van der Waals surface area contributed by atoms with Crippen LogP contribution in [-0.2, 0) is 6.42 Å². The maximum atomic E-state index is 9.17. The molecule has 0 radical (unpaired) electrons. The number of nitrogens with one attached hydrogen (secondary N) is 2. The fourth-order valence-corrected chi connectivity index (χ4v) is 2.46. The summed E-state index contributed by atoms with van der Waals surface area (Å²) in [6.45, 7) is 0.872. The highest BCUT2D eigenvalue weighted by Gasteiger charge is 2.04. The zero-order valence-electron chi connectivity index (χ0n) is 11.6. The Kier molecular flexibility index (Phi) is 3.83. The molecule has 0 aliphatic carbocycles. The second-order valence-electron chi connectivity index (χ2n) is 4.88. The van der Waals surface area contributed by atoms with Gasteiger partial charge in [-0.05, 0) is 18.6 Å². The normalized spacial score (nSPS) is 10.4. The van der Waals surface area contributed by atoms with Gasteiger partial charge < -0.3 is 10.3 Å². The number of benzene rings is 2. The summed E-state index contributed by atoms with van der Waals surface area (Å²) in [7, 11) is 0. The molecule has 4 nitrogen and oxygen atoms in total. The van der Waals surface area contributed by atoms with E-state index in [0.717, 1.165) is 41.7 Å². The van der Waals surface area contributed by atoms with Gasteiger partial charge in [0.25, 0.3) is 0 Å². The van der Waals surface area contributed by atoms with E-state index in [9.17, 15) is 0 Å². The van der Waals surface area contributed by atoms with Crippen LogP contribution < -0.4 is 5.32 Å². The van der Waals surface area contributed by atoms with Crippen molar-refractivity contribution in [3.05, 3.63) is 60.2 Å². The SMILES string of the molecule is N#Cc1ccc(NCCCc2ncc[nH]2)c2ccccc12.